The number of hydrogen-bond acceptors (Lipinski definition) is 4. The summed E-state index contributed by atoms with van der Waals surface area (Å²) < 4.78 is 0. The second kappa shape index (κ2) is 10.8. The average Bonchev–Trinajstić information content (AvgIpc) is 3.02. The van der Waals surface area contributed by atoms with Crippen LogP contribution in [-0.2, 0) is 4.79 Å². The van der Waals surface area contributed by atoms with Crippen LogP contribution in [0.2, 0.25) is 0 Å². The van der Waals surface area contributed by atoms with Gasteiger partial charge in [0.25, 0.3) is 0 Å². The number of carbonyl (C=O) groups is 2. The lowest BCUT2D eigenvalue weighted by atomic mass is 9.94. The minimum absolute atomic E-state index is 0.132. The van der Waals surface area contributed by atoms with Crippen LogP contribution in [-0.4, -0.2) is 67.3 Å². The Balaban J connectivity index is 1.51. The third-order valence-corrected chi connectivity index (χ3v) is 6.50. The van der Waals surface area contributed by atoms with Gasteiger partial charge in [0.15, 0.2) is 0 Å². The summed E-state index contributed by atoms with van der Waals surface area (Å²) in [5.41, 5.74) is 1.85. The Morgan fingerprint density at radius 1 is 1.03 bits per heavy atom. The summed E-state index contributed by atoms with van der Waals surface area (Å²) in [6.07, 6.45) is 7.96. The number of anilines is 1. The van der Waals surface area contributed by atoms with Crippen molar-refractivity contribution in [3.63, 3.8) is 0 Å². The van der Waals surface area contributed by atoms with Crippen molar-refractivity contribution in [2.45, 2.75) is 58.4 Å². The van der Waals surface area contributed by atoms with Gasteiger partial charge in [0, 0.05) is 49.4 Å². The fraction of sp³-hybridized carbons (Fsp3) is 0.667. The summed E-state index contributed by atoms with van der Waals surface area (Å²) in [6.45, 7) is 10.3. The highest BCUT2D eigenvalue weighted by Crippen LogP contribution is 2.25. The van der Waals surface area contributed by atoms with E-state index in [-0.39, 0.29) is 12.0 Å². The van der Waals surface area contributed by atoms with Gasteiger partial charge in [-0.2, -0.15) is 0 Å². The predicted octanol–water partition coefficient (Wildman–Crippen LogP) is 3.83. The predicted molar refractivity (Wildman–Crippen MR) is 119 cm³/mol. The maximum absolute atomic E-state index is 13.3. The maximum atomic E-state index is 13.3. The van der Waals surface area contributed by atoms with Gasteiger partial charge in [-0.15, -0.1) is 0 Å². The first kappa shape index (κ1) is 21.8. The summed E-state index contributed by atoms with van der Waals surface area (Å²) in [7, 11) is 0. The molecule has 5 nitrogen and oxygen atoms in total. The van der Waals surface area contributed by atoms with Crippen LogP contribution in [0.15, 0.2) is 24.3 Å². The van der Waals surface area contributed by atoms with Gasteiger partial charge in [0.1, 0.15) is 6.29 Å². The van der Waals surface area contributed by atoms with Gasteiger partial charge in [-0.05, 0) is 76.9 Å². The molecule has 2 aliphatic heterocycles. The number of rotatable bonds is 7. The van der Waals surface area contributed by atoms with E-state index in [0.717, 1.165) is 51.0 Å². The molecule has 3 rings (SSSR count). The molecule has 2 saturated heterocycles. The first-order chi connectivity index (χ1) is 14.1. The molecule has 0 aliphatic carbocycles. The third-order valence-electron chi connectivity index (χ3n) is 6.50. The number of hydrogen-bond donors (Lipinski definition) is 0. The molecule has 0 N–H and O–H groups in total. The second-order valence-electron chi connectivity index (χ2n) is 8.85. The fourth-order valence-electron chi connectivity index (χ4n) is 4.61. The highest BCUT2D eigenvalue weighted by atomic mass is 16.2. The summed E-state index contributed by atoms with van der Waals surface area (Å²) in [5.74, 6) is 0.470. The lowest BCUT2D eigenvalue weighted by Gasteiger charge is -2.37. The molecular formula is C24H37N3O2. The molecule has 29 heavy (non-hydrogen) atoms. The lowest BCUT2D eigenvalue weighted by Crippen LogP contribution is -2.47. The van der Waals surface area contributed by atoms with Gasteiger partial charge in [-0.3, -0.25) is 9.59 Å². The van der Waals surface area contributed by atoms with Crippen molar-refractivity contribution in [3.05, 3.63) is 29.8 Å². The Kier molecular flexibility index (Phi) is 8.10. The summed E-state index contributed by atoms with van der Waals surface area (Å²) >= 11 is 0. The van der Waals surface area contributed by atoms with Crippen molar-refractivity contribution < 1.29 is 9.59 Å². The fourth-order valence-corrected chi connectivity index (χ4v) is 4.61. The van der Waals surface area contributed by atoms with E-state index >= 15 is 0 Å². The Bertz CT molecular complexity index is 643. The van der Waals surface area contributed by atoms with Gasteiger partial charge >= 0.3 is 0 Å². The van der Waals surface area contributed by atoms with Crippen LogP contribution in [0.25, 0.3) is 0 Å². The number of nitrogens with zero attached hydrogens (tertiary/aromatic N) is 3. The topological polar surface area (TPSA) is 43.9 Å². The molecule has 0 bridgehead atoms. The number of benzene rings is 1. The van der Waals surface area contributed by atoms with Crippen LogP contribution in [0.3, 0.4) is 0 Å². The largest absolute Gasteiger partial charge is 0.371 e. The minimum Gasteiger partial charge on any atom is -0.371 e. The highest BCUT2D eigenvalue weighted by molar-refractivity contribution is 5.79. The van der Waals surface area contributed by atoms with Crippen LogP contribution >= 0.6 is 0 Å². The van der Waals surface area contributed by atoms with Crippen LogP contribution in [0.1, 0.15) is 62.7 Å². The van der Waals surface area contributed by atoms with Crippen molar-refractivity contribution in [2.75, 3.05) is 44.2 Å². The van der Waals surface area contributed by atoms with Crippen LogP contribution in [0, 0.1) is 5.92 Å². The van der Waals surface area contributed by atoms with Gasteiger partial charge in [-0.1, -0.05) is 12.8 Å². The van der Waals surface area contributed by atoms with Crippen molar-refractivity contribution in [3.8, 4) is 0 Å². The molecule has 2 aliphatic rings. The second-order valence-corrected chi connectivity index (χ2v) is 8.85. The van der Waals surface area contributed by atoms with E-state index in [9.17, 15) is 9.59 Å². The molecule has 0 saturated carbocycles. The first-order valence-corrected chi connectivity index (χ1v) is 11.4. The van der Waals surface area contributed by atoms with Gasteiger partial charge in [0.05, 0.1) is 0 Å². The zero-order valence-corrected chi connectivity index (χ0v) is 18.2. The number of piperidine rings is 1. The van der Waals surface area contributed by atoms with E-state index < -0.39 is 0 Å². The molecule has 0 unspecified atom stereocenters. The average molecular weight is 400 g/mol. The molecule has 0 spiro atoms. The molecule has 2 heterocycles. The van der Waals surface area contributed by atoms with Crippen LogP contribution < -0.4 is 4.90 Å². The highest BCUT2D eigenvalue weighted by Gasteiger charge is 2.30. The number of amides is 1. The normalized spacial score (nSPS) is 19.2. The monoisotopic (exact) mass is 399 g/mol. The third kappa shape index (κ3) is 6.05. The van der Waals surface area contributed by atoms with Crippen molar-refractivity contribution in [1.29, 1.82) is 0 Å². The molecule has 0 atom stereocenters. The lowest BCUT2D eigenvalue weighted by molar-refractivity contribution is -0.138. The van der Waals surface area contributed by atoms with Crippen molar-refractivity contribution >= 4 is 17.9 Å². The summed E-state index contributed by atoms with van der Waals surface area (Å²) in [5, 5.41) is 0. The van der Waals surface area contributed by atoms with Crippen molar-refractivity contribution in [1.82, 2.24) is 9.80 Å². The SMILES string of the molecule is CC(C)N(CCN1CCCCCC1)C(=O)C1CCN(c2ccc(C=O)cc2)CC1. The maximum Gasteiger partial charge on any atom is 0.226 e. The Morgan fingerprint density at radius 2 is 1.66 bits per heavy atom. The molecule has 1 amide bonds. The molecular weight excluding hydrogens is 362 g/mol. The number of likely N-dealkylation sites (tertiary alicyclic amines) is 1. The molecule has 2 fully saturated rings. The number of carbonyl (C=O) groups excluding carboxylic acids is 2. The van der Waals surface area contributed by atoms with Gasteiger partial charge in [-0.25, -0.2) is 0 Å². The van der Waals surface area contributed by atoms with Crippen molar-refractivity contribution in [2.24, 2.45) is 5.92 Å². The quantitative estimate of drug-likeness (QED) is 0.654. The Hall–Kier alpha value is -1.88. The Morgan fingerprint density at radius 3 is 2.21 bits per heavy atom. The standard InChI is InChI=1S/C24H37N3O2/c1-20(2)27(18-17-25-13-5-3-4-6-14-25)24(29)22-11-15-26(16-12-22)23-9-7-21(19-28)8-10-23/h7-10,19-20,22H,3-6,11-18H2,1-2H3. The van der Waals surface area contributed by atoms with Crippen LogP contribution in [0.5, 0.6) is 0 Å². The van der Waals surface area contributed by atoms with E-state index in [1.54, 1.807) is 0 Å². The summed E-state index contributed by atoms with van der Waals surface area (Å²) in [4.78, 5) is 31.1. The molecule has 0 radical (unpaired) electrons. The smallest absolute Gasteiger partial charge is 0.226 e. The Labute approximate surface area is 176 Å². The van der Waals surface area contributed by atoms with E-state index in [1.165, 1.54) is 38.8 Å². The van der Waals surface area contributed by atoms with E-state index in [4.69, 9.17) is 0 Å². The van der Waals surface area contributed by atoms with E-state index in [1.807, 2.05) is 24.3 Å². The molecule has 0 aromatic heterocycles. The molecule has 1 aromatic rings. The van der Waals surface area contributed by atoms with Gasteiger partial charge < -0.3 is 14.7 Å². The molecule has 1 aromatic carbocycles. The zero-order chi connectivity index (χ0) is 20.6. The van der Waals surface area contributed by atoms with Gasteiger partial charge in [0.2, 0.25) is 5.91 Å². The zero-order valence-electron chi connectivity index (χ0n) is 18.2. The molecule has 5 heteroatoms. The summed E-state index contributed by atoms with van der Waals surface area (Å²) in [6, 6.07) is 8.00. The first-order valence-electron chi connectivity index (χ1n) is 11.4. The van der Waals surface area contributed by atoms with E-state index in [0.29, 0.717) is 11.5 Å². The van der Waals surface area contributed by atoms with Crippen LogP contribution in [0.4, 0.5) is 5.69 Å². The molecule has 160 valence electrons. The number of aldehydes is 1. The minimum atomic E-state index is 0.132. The van der Waals surface area contributed by atoms with E-state index in [2.05, 4.69) is 28.5 Å².